The quantitative estimate of drug-likeness (QED) is 0.166. The molecule has 8 nitrogen and oxygen atoms in total. The van der Waals surface area contributed by atoms with Crippen molar-refractivity contribution in [1.29, 1.82) is 0 Å². The molecule has 5 aromatic rings. The highest BCUT2D eigenvalue weighted by Gasteiger charge is 2.23. The Labute approximate surface area is 233 Å². The summed E-state index contributed by atoms with van der Waals surface area (Å²) in [7, 11) is 1.59. The number of amides is 1. The smallest absolute Gasteiger partial charge is 0.341 e. The molecule has 0 radical (unpaired) electrons. The highest BCUT2D eigenvalue weighted by atomic mass is 32.1. The van der Waals surface area contributed by atoms with Crippen LogP contribution in [0.15, 0.2) is 93.5 Å². The molecule has 0 spiro atoms. The molecule has 0 bridgehead atoms. The van der Waals surface area contributed by atoms with Crippen molar-refractivity contribution in [3.8, 4) is 33.8 Å². The third-order valence-electron chi connectivity index (χ3n) is 6.10. The van der Waals surface area contributed by atoms with Crippen LogP contribution in [0.3, 0.4) is 0 Å². The number of hydrogen-bond donors (Lipinski definition) is 1. The first kappa shape index (κ1) is 26.7. The Morgan fingerprint density at radius 3 is 2.35 bits per heavy atom. The molecule has 0 aliphatic heterocycles. The van der Waals surface area contributed by atoms with Gasteiger partial charge in [0.2, 0.25) is 0 Å². The van der Waals surface area contributed by atoms with E-state index in [1.165, 1.54) is 17.4 Å². The van der Waals surface area contributed by atoms with Crippen LogP contribution < -0.4 is 20.4 Å². The summed E-state index contributed by atoms with van der Waals surface area (Å²) >= 11 is 1.23. The number of hydrogen-bond acceptors (Lipinski definition) is 8. The predicted octanol–water partition coefficient (Wildman–Crippen LogP) is 6.39. The van der Waals surface area contributed by atoms with E-state index in [0.29, 0.717) is 44.2 Å². The van der Waals surface area contributed by atoms with E-state index in [1.54, 1.807) is 32.2 Å². The fourth-order valence-corrected chi connectivity index (χ4v) is 5.21. The average molecular weight is 556 g/mol. The molecule has 2 aromatic heterocycles. The summed E-state index contributed by atoms with van der Waals surface area (Å²) in [6.45, 7) is 1.61. The van der Waals surface area contributed by atoms with Gasteiger partial charge in [-0.2, -0.15) is 0 Å². The van der Waals surface area contributed by atoms with Gasteiger partial charge in [-0.25, -0.2) is 9.59 Å². The van der Waals surface area contributed by atoms with Crippen molar-refractivity contribution in [2.75, 3.05) is 25.6 Å². The normalized spacial score (nSPS) is 10.8. The Balaban J connectivity index is 1.34. The standard InChI is InChI=1S/C31H25NO7S/c1-3-37-31(35)29-25(19-7-5-4-6-8-19)18-40-30(29)32-27(33)17-38-22-13-14-23-24(16-28(34)39-26(23)15-22)20-9-11-21(36-2)12-10-20/h4-16,18H,3,17H2,1-2H3,(H,32,33). The largest absolute Gasteiger partial charge is 0.497 e. The Hall–Kier alpha value is -4.89. The molecule has 1 N–H and O–H groups in total. The Kier molecular flexibility index (Phi) is 7.93. The maximum atomic E-state index is 12.8. The third kappa shape index (κ3) is 5.74. The number of esters is 1. The lowest BCUT2D eigenvalue weighted by atomic mass is 10.0. The lowest BCUT2D eigenvalue weighted by molar-refractivity contribution is -0.118. The van der Waals surface area contributed by atoms with E-state index in [0.717, 1.165) is 11.1 Å². The maximum absolute atomic E-state index is 12.8. The maximum Gasteiger partial charge on any atom is 0.341 e. The molecule has 0 saturated carbocycles. The average Bonchev–Trinajstić information content (AvgIpc) is 3.39. The van der Waals surface area contributed by atoms with Gasteiger partial charge in [-0.3, -0.25) is 4.79 Å². The molecular weight excluding hydrogens is 530 g/mol. The second-order valence-corrected chi connectivity index (χ2v) is 9.52. The van der Waals surface area contributed by atoms with Gasteiger partial charge in [-0.05, 0) is 47.9 Å². The van der Waals surface area contributed by atoms with Crippen LogP contribution in [-0.4, -0.2) is 32.2 Å². The molecule has 2 heterocycles. The van der Waals surface area contributed by atoms with Gasteiger partial charge < -0.3 is 23.9 Å². The fourth-order valence-electron chi connectivity index (χ4n) is 4.24. The van der Waals surface area contributed by atoms with Crippen molar-refractivity contribution in [3.63, 3.8) is 0 Å². The summed E-state index contributed by atoms with van der Waals surface area (Å²) in [5.41, 5.74) is 3.16. The van der Waals surface area contributed by atoms with Crippen LogP contribution >= 0.6 is 11.3 Å². The molecule has 0 aliphatic rings. The molecule has 3 aromatic carbocycles. The summed E-state index contributed by atoms with van der Waals surface area (Å²) < 4.78 is 21.6. The van der Waals surface area contributed by atoms with E-state index in [2.05, 4.69) is 5.32 Å². The third-order valence-corrected chi connectivity index (χ3v) is 6.99. The predicted molar refractivity (Wildman–Crippen MR) is 154 cm³/mol. The van der Waals surface area contributed by atoms with Crippen LogP contribution in [0.25, 0.3) is 33.2 Å². The number of nitrogens with one attached hydrogen (secondary N) is 1. The van der Waals surface area contributed by atoms with Crippen molar-refractivity contribution in [2.24, 2.45) is 0 Å². The minimum Gasteiger partial charge on any atom is -0.497 e. The molecule has 202 valence electrons. The van der Waals surface area contributed by atoms with E-state index in [4.69, 9.17) is 18.6 Å². The SMILES string of the molecule is CCOC(=O)c1c(-c2ccccc2)csc1NC(=O)COc1ccc2c(-c3ccc(OC)cc3)cc(=O)oc2c1. The molecule has 0 atom stereocenters. The van der Waals surface area contributed by atoms with Crippen LogP contribution in [0.2, 0.25) is 0 Å². The molecular formula is C31H25NO7S. The first-order chi connectivity index (χ1) is 19.5. The molecule has 0 unspecified atom stereocenters. The van der Waals surface area contributed by atoms with Crippen LogP contribution in [0.5, 0.6) is 11.5 Å². The lowest BCUT2D eigenvalue weighted by Crippen LogP contribution is -2.21. The van der Waals surface area contributed by atoms with Gasteiger partial charge in [0.1, 0.15) is 27.6 Å². The number of rotatable bonds is 9. The summed E-state index contributed by atoms with van der Waals surface area (Å²) in [6, 6.07) is 23.2. The second kappa shape index (κ2) is 11.9. The minimum atomic E-state index is -0.518. The van der Waals surface area contributed by atoms with Gasteiger partial charge in [0, 0.05) is 28.5 Å². The van der Waals surface area contributed by atoms with E-state index in [9.17, 15) is 14.4 Å². The van der Waals surface area contributed by atoms with Gasteiger partial charge in [-0.15, -0.1) is 11.3 Å². The number of benzene rings is 3. The summed E-state index contributed by atoms with van der Waals surface area (Å²) in [5.74, 6) is 0.0780. The van der Waals surface area contributed by atoms with Crippen LogP contribution in [-0.2, 0) is 9.53 Å². The minimum absolute atomic E-state index is 0.206. The van der Waals surface area contributed by atoms with Gasteiger partial charge in [0.05, 0.1) is 13.7 Å². The van der Waals surface area contributed by atoms with E-state index < -0.39 is 17.5 Å². The number of carbonyl (C=O) groups excluding carboxylic acids is 2. The van der Waals surface area contributed by atoms with Crippen molar-refractivity contribution in [3.05, 3.63) is 100 Å². The molecule has 9 heteroatoms. The molecule has 0 aliphatic carbocycles. The van der Waals surface area contributed by atoms with Gasteiger partial charge in [0.25, 0.3) is 5.91 Å². The van der Waals surface area contributed by atoms with E-state index in [1.807, 2.05) is 60.0 Å². The number of ether oxygens (including phenoxy) is 3. The van der Waals surface area contributed by atoms with Crippen molar-refractivity contribution >= 4 is 39.2 Å². The number of methoxy groups -OCH3 is 1. The van der Waals surface area contributed by atoms with Crippen molar-refractivity contribution < 1.29 is 28.2 Å². The Morgan fingerprint density at radius 2 is 1.62 bits per heavy atom. The fraction of sp³-hybridized carbons (Fsp3) is 0.129. The first-order valence-electron chi connectivity index (χ1n) is 12.5. The second-order valence-electron chi connectivity index (χ2n) is 8.64. The highest BCUT2D eigenvalue weighted by molar-refractivity contribution is 7.15. The summed E-state index contributed by atoms with van der Waals surface area (Å²) in [4.78, 5) is 37.8. The zero-order valence-electron chi connectivity index (χ0n) is 21.8. The summed E-state index contributed by atoms with van der Waals surface area (Å²) in [6.07, 6.45) is 0. The van der Waals surface area contributed by atoms with Gasteiger partial charge in [0.15, 0.2) is 6.61 Å². The molecule has 5 rings (SSSR count). The Bertz CT molecular complexity index is 1720. The summed E-state index contributed by atoms with van der Waals surface area (Å²) in [5, 5.41) is 5.67. The monoisotopic (exact) mass is 555 g/mol. The highest BCUT2D eigenvalue weighted by Crippen LogP contribution is 2.36. The van der Waals surface area contributed by atoms with Gasteiger partial charge >= 0.3 is 11.6 Å². The van der Waals surface area contributed by atoms with Gasteiger partial charge in [-0.1, -0.05) is 42.5 Å². The van der Waals surface area contributed by atoms with Crippen molar-refractivity contribution in [1.82, 2.24) is 0 Å². The van der Waals surface area contributed by atoms with Crippen LogP contribution in [0.4, 0.5) is 5.00 Å². The van der Waals surface area contributed by atoms with E-state index >= 15 is 0 Å². The molecule has 40 heavy (non-hydrogen) atoms. The zero-order chi connectivity index (χ0) is 28.1. The Morgan fingerprint density at radius 1 is 0.900 bits per heavy atom. The first-order valence-corrected chi connectivity index (χ1v) is 13.3. The lowest BCUT2D eigenvalue weighted by Gasteiger charge is -2.11. The number of carbonyl (C=O) groups is 2. The number of fused-ring (bicyclic) bond motifs is 1. The van der Waals surface area contributed by atoms with E-state index in [-0.39, 0.29) is 13.2 Å². The molecule has 0 saturated heterocycles. The zero-order valence-corrected chi connectivity index (χ0v) is 22.6. The number of thiophene rings is 1. The van der Waals surface area contributed by atoms with Crippen molar-refractivity contribution in [2.45, 2.75) is 6.92 Å². The van der Waals surface area contributed by atoms with Crippen LogP contribution in [0.1, 0.15) is 17.3 Å². The number of anilines is 1. The molecule has 0 fully saturated rings. The topological polar surface area (TPSA) is 104 Å². The van der Waals surface area contributed by atoms with Crippen LogP contribution in [0, 0.1) is 0 Å². The molecule has 1 amide bonds.